The van der Waals surface area contributed by atoms with Crippen molar-refractivity contribution < 1.29 is 0 Å². The lowest BCUT2D eigenvalue weighted by atomic mass is 10.1. The van der Waals surface area contributed by atoms with Gasteiger partial charge in [0.2, 0.25) is 0 Å². The zero-order chi connectivity index (χ0) is 6.41. The van der Waals surface area contributed by atoms with Gasteiger partial charge in [-0.25, -0.2) is 0 Å². The lowest BCUT2D eigenvalue weighted by Crippen LogP contribution is -2.15. The highest BCUT2D eigenvalue weighted by atomic mass is 14.6. The molecule has 1 atom stereocenters. The Morgan fingerprint density at radius 1 is 1.75 bits per heavy atom. The Kier molecular flexibility index (Phi) is 4.67. The Bertz CT molecular complexity index is 59.4. The molecular weight excluding hydrogens is 98.1 g/mol. The van der Waals surface area contributed by atoms with Gasteiger partial charge in [-0.3, -0.25) is 0 Å². The third-order valence-electron chi connectivity index (χ3n) is 1.19. The maximum Gasteiger partial charge on any atom is 0.0221 e. The fourth-order valence-electron chi connectivity index (χ4n) is 0.558. The summed E-state index contributed by atoms with van der Waals surface area (Å²) in [5, 5.41) is 0. The SMILES string of the molecule is C=CC(N)CCCC. The molecule has 0 saturated heterocycles. The molecule has 0 saturated carbocycles. The van der Waals surface area contributed by atoms with E-state index in [0.29, 0.717) is 0 Å². The number of hydrogen-bond donors (Lipinski definition) is 1. The number of nitrogens with two attached hydrogens (primary N) is 1. The molecule has 0 spiro atoms. The minimum atomic E-state index is 0.218. The summed E-state index contributed by atoms with van der Waals surface area (Å²) in [6, 6.07) is 0.218. The van der Waals surface area contributed by atoms with Crippen LogP contribution in [-0.2, 0) is 0 Å². The molecule has 8 heavy (non-hydrogen) atoms. The van der Waals surface area contributed by atoms with E-state index in [-0.39, 0.29) is 6.04 Å². The van der Waals surface area contributed by atoms with Crippen LogP contribution in [0.4, 0.5) is 0 Å². The summed E-state index contributed by atoms with van der Waals surface area (Å²) < 4.78 is 0. The second-order valence-corrected chi connectivity index (χ2v) is 2.04. The van der Waals surface area contributed by atoms with E-state index in [4.69, 9.17) is 5.73 Å². The molecule has 0 amide bonds. The molecule has 0 fully saturated rings. The van der Waals surface area contributed by atoms with Crippen molar-refractivity contribution in [3.8, 4) is 0 Å². The van der Waals surface area contributed by atoms with Gasteiger partial charge >= 0.3 is 0 Å². The second kappa shape index (κ2) is 4.85. The predicted octanol–water partition coefficient (Wildman–Crippen LogP) is 1.69. The minimum absolute atomic E-state index is 0.218. The van der Waals surface area contributed by atoms with Crippen molar-refractivity contribution in [3.05, 3.63) is 12.7 Å². The van der Waals surface area contributed by atoms with Crippen LogP contribution < -0.4 is 5.73 Å². The number of rotatable bonds is 4. The van der Waals surface area contributed by atoms with Crippen molar-refractivity contribution in [2.45, 2.75) is 32.2 Å². The highest BCUT2D eigenvalue weighted by molar-refractivity contribution is 4.81. The van der Waals surface area contributed by atoms with Crippen LogP contribution >= 0.6 is 0 Å². The standard InChI is InChI=1S/C7H15N/c1-3-5-6-7(8)4-2/h4,7H,2-3,5-6,8H2,1H3. The smallest absolute Gasteiger partial charge is 0.0221 e. The maximum absolute atomic E-state index is 5.54. The van der Waals surface area contributed by atoms with Gasteiger partial charge < -0.3 is 5.73 Å². The summed E-state index contributed by atoms with van der Waals surface area (Å²) in [4.78, 5) is 0. The summed E-state index contributed by atoms with van der Waals surface area (Å²) in [6.07, 6.45) is 5.32. The molecule has 0 bridgehead atoms. The molecular formula is C7H15N. The third-order valence-corrected chi connectivity index (χ3v) is 1.19. The maximum atomic E-state index is 5.54. The van der Waals surface area contributed by atoms with Gasteiger partial charge in [0.1, 0.15) is 0 Å². The van der Waals surface area contributed by atoms with Gasteiger partial charge in [0.05, 0.1) is 0 Å². The summed E-state index contributed by atoms with van der Waals surface area (Å²) in [6.45, 7) is 5.75. The number of unbranched alkanes of at least 4 members (excludes halogenated alkanes) is 1. The monoisotopic (exact) mass is 113 g/mol. The average molecular weight is 113 g/mol. The van der Waals surface area contributed by atoms with Crippen LogP contribution in [0, 0.1) is 0 Å². The van der Waals surface area contributed by atoms with Crippen LogP contribution in [0.2, 0.25) is 0 Å². The van der Waals surface area contributed by atoms with E-state index in [1.54, 1.807) is 6.08 Å². The van der Waals surface area contributed by atoms with Crippen molar-refractivity contribution in [2.75, 3.05) is 0 Å². The molecule has 0 aromatic heterocycles. The Balaban J connectivity index is 2.98. The Morgan fingerprint density at radius 3 is 2.75 bits per heavy atom. The first-order valence-electron chi connectivity index (χ1n) is 3.19. The van der Waals surface area contributed by atoms with Crippen molar-refractivity contribution in [1.29, 1.82) is 0 Å². The summed E-state index contributed by atoms with van der Waals surface area (Å²) in [5.74, 6) is 0. The lowest BCUT2D eigenvalue weighted by molar-refractivity contribution is 0.656. The molecule has 2 N–H and O–H groups in total. The predicted molar refractivity (Wildman–Crippen MR) is 37.7 cm³/mol. The van der Waals surface area contributed by atoms with E-state index >= 15 is 0 Å². The van der Waals surface area contributed by atoms with Crippen molar-refractivity contribution in [3.63, 3.8) is 0 Å². The van der Waals surface area contributed by atoms with Gasteiger partial charge in [-0.15, -0.1) is 6.58 Å². The zero-order valence-electron chi connectivity index (χ0n) is 5.56. The second-order valence-electron chi connectivity index (χ2n) is 2.04. The van der Waals surface area contributed by atoms with Crippen molar-refractivity contribution >= 4 is 0 Å². The first-order chi connectivity index (χ1) is 3.81. The van der Waals surface area contributed by atoms with E-state index in [1.165, 1.54) is 12.8 Å². The topological polar surface area (TPSA) is 26.0 Å². The average Bonchev–Trinajstić information content (AvgIpc) is 1.83. The molecule has 0 aliphatic heterocycles. The van der Waals surface area contributed by atoms with Crippen LogP contribution in [0.15, 0.2) is 12.7 Å². The van der Waals surface area contributed by atoms with Gasteiger partial charge in [-0.05, 0) is 6.42 Å². The molecule has 0 aromatic rings. The first kappa shape index (κ1) is 7.70. The molecule has 0 radical (unpaired) electrons. The Morgan fingerprint density at radius 2 is 2.38 bits per heavy atom. The van der Waals surface area contributed by atoms with E-state index in [0.717, 1.165) is 6.42 Å². The molecule has 1 heteroatoms. The molecule has 0 aromatic carbocycles. The van der Waals surface area contributed by atoms with Crippen molar-refractivity contribution in [1.82, 2.24) is 0 Å². The molecule has 0 aliphatic rings. The largest absolute Gasteiger partial charge is 0.324 e. The quantitative estimate of drug-likeness (QED) is 0.552. The van der Waals surface area contributed by atoms with E-state index in [2.05, 4.69) is 13.5 Å². The first-order valence-corrected chi connectivity index (χ1v) is 3.19. The molecule has 0 rings (SSSR count). The van der Waals surface area contributed by atoms with E-state index in [9.17, 15) is 0 Å². The lowest BCUT2D eigenvalue weighted by Gasteiger charge is -2.01. The van der Waals surface area contributed by atoms with Crippen LogP contribution in [0.1, 0.15) is 26.2 Å². The van der Waals surface area contributed by atoms with Crippen LogP contribution in [0.5, 0.6) is 0 Å². The van der Waals surface area contributed by atoms with Crippen LogP contribution in [0.25, 0.3) is 0 Å². The molecule has 0 heterocycles. The molecule has 1 nitrogen and oxygen atoms in total. The summed E-state index contributed by atoms with van der Waals surface area (Å²) >= 11 is 0. The highest BCUT2D eigenvalue weighted by Gasteiger charge is 1.91. The van der Waals surface area contributed by atoms with Crippen LogP contribution in [-0.4, -0.2) is 6.04 Å². The highest BCUT2D eigenvalue weighted by Crippen LogP contribution is 1.97. The fourth-order valence-corrected chi connectivity index (χ4v) is 0.558. The minimum Gasteiger partial charge on any atom is -0.324 e. The normalized spacial score (nSPS) is 13.2. The van der Waals surface area contributed by atoms with Gasteiger partial charge in [0.25, 0.3) is 0 Å². The van der Waals surface area contributed by atoms with Crippen molar-refractivity contribution in [2.24, 2.45) is 5.73 Å². The number of hydrogen-bond acceptors (Lipinski definition) is 1. The summed E-state index contributed by atoms with van der Waals surface area (Å²) in [7, 11) is 0. The van der Waals surface area contributed by atoms with Gasteiger partial charge in [-0.1, -0.05) is 25.8 Å². The van der Waals surface area contributed by atoms with E-state index < -0.39 is 0 Å². The summed E-state index contributed by atoms with van der Waals surface area (Å²) in [5.41, 5.74) is 5.54. The Labute approximate surface area is 51.6 Å². The fraction of sp³-hybridized carbons (Fsp3) is 0.714. The van der Waals surface area contributed by atoms with Gasteiger partial charge in [-0.2, -0.15) is 0 Å². The van der Waals surface area contributed by atoms with Gasteiger partial charge in [0, 0.05) is 6.04 Å². The zero-order valence-corrected chi connectivity index (χ0v) is 5.56. The third kappa shape index (κ3) is 3.88. The van der Waals surface area contributed by atoms with E-state index in [1.807, 2.05) is 0 Å². The molecule has 48 valence electrons. The van der Waals surface area contributed by atoms with Crippen LogP contribution in [0.3, 0.4) is 0 Å². The molecule has 0 aliphatic carbocycles. The molecule has 1 unspecified atom stereocenters. The Hall–Kier alpha value is -0.300. The van der Waals surface area contributed by atoms with Gasteiger partial charge in [0.15, 0.2) is 0 Å².